The van der Waals surface area contributed by atoms with Crippen molar-refractivity contribution in [1.29, 1.82) is 0 Å². The lowest BCUT2D eigenvalue weighted by molar-refractivity contribution is -0.211. The van der Waals surface area contributed by atoms with Crippen LogP contribution in [0.2, 0.25) is 0 Å². The minimum atomic E-state index is -0.375. The van der Waals surface area contributed by atoms with Gasteiger partial charge in [-0.3, -0.25) is 14.6 Å². The minimum absolute atomic E-state index is 0.0379. The third kappa shape index (κ3) is 2.09. The van der Waals surface area contributed by atoms with Crippen LogP contribution in [0, 0.1) is 39.9 Å². The van der Waals surface area contributed by atoms with Crippen molar-refractivity contribution in [1.82, 2.24) is 0 Å². The van der Waals surface area contributed by atoms with Crippen LogP contribution < -0.4 is 0 Å². The van der Waals surface area contributed by atoms with E-state index >= 15 is 0 Å². The molecule has 1 spiro atoms. The van der Waals surface area contributed by atoms with Crippen molar-refractivity contribution in [3.8, 4) is 0 Å². The molecule has 1 saturated heterocycles. The molecule has 8 atom stereocenters. The second-order valence-corrected chi connectivity index (χ2v) is 10.6. The van der Waals surface area contributed by atoms with Gasteiger partial charge in [0.15, 0.2) is 6.23 Å². The molecule has 2 aliphatic heterocycles. The number of rotatable bonds is 1. The zero-order chi connectivity index (χ0) is 19.2. The Hall–Kier alpha value is -1.39. The van der Waals surface area contributed by atoms with E-state index in [-0.39, 0.29) is 52.4 Å². The average molecular weight is 373 g/mol. The zero-order valence-corrected chi connectivity index (χ0v) is 16.9. The first-order valence-electron chi connectivity index (χ1n) is 10.6. The molecule has 0 amide bonds. The highest BCUT2D eigenvalue weighted by Gasteiger charge is 2.73. The normalized spacial score (nSPS) is 51.8. The molecule has 0 aromatic heterocycles. The summed E-state index contributed by atoms with van der Waals surface area (Å²) < 4.78 is 11.6. The van der Waals surface area contributed by atoms with E-state index in [1.54, 1.807) is 0 Å². The third-order valence-electron chi connectivity index (χ3n) is 9.06. The lowest BCUT2D eigenvalue weighted by Gasteiger charge is -2.66. The van der Waals surface area contributed by atoms with Crippen molar-refractivity contribution in [2.24, 2.45) is 44.9 Å². The molecule has 2 heterocycles. The summed E-state index contributed by atoms with van der Waals surface area (Å²) in [5.74, 6) is 0.518. The topological polar surface area (TPSA) is 65.0 Å². The monoisotopic (exact) mass is 373 g/mol. The fourth-order valence-electron chi connectivity index (χ4n) is 8.21. The van der Waals surface area contributed by atoms with E-state index < -0.39 is 0 Å². The van der Waals surface area contributed by atoms with Gasteiger partial charge in [0.2, 0.25) is 0 Å². The molecule has 27 heavy (non-hydrogen) atoms. The Morgan fingerprint density at radius 1 is 1.22 bits per heavy atom. The van der Waals surface area contributed by atoms with Gasteiger partial charge in [-0.25, -0.2) is 0 Å². The molecule has 0 aromatic rings. The molecule has 0 radical (unpaired) electrons. The molecule has 3 saturated carbocycles. The Labute approximate surface area is 161 Å². The van der Waals surface area contributed by atoms with Gasteiger partial charge in [0.05, 0.1) is 11.3 Å². The van der Waals surface area contributed by atoms with E-state index in [4.69, 9.17) is 9.47 Å². The van der Waals surface area contributed by atoms with Gasteiger partial charge in [-0.15, -0.1) is 0 Å². The molecule has 0 unspecified atom stereocenters. The van der Waals surface area contributed by atoms with Gasteiger partial charge in [0, 0.05) is 19.1 Å². The second-order valence-electron chi connectivity index (χ2n) is 10.6. The van der Waals surface area contributed by atoms with Crippen LogP contribution in [-0.4, -0.2) is 30.5 Å². The Balaban J connectivity index is 1.66. The molecule has 5 heteroatoms. The summed E-state index contributed by atoms with van der Waals surface area (Å²) in [5.41, 5.74) is 0.0843. The summed E-state index contributed by atoms with van der Waals surface area (Å²) in [5, 5.41) is 0. The van der Waals surface area contributed by atoms with Crippen LogP contribution in [-0.2, 0) is 19.1 Å². The predicted molar refractivity (Wildman–Crippen MR) is 99.9 cm³/mol. The van der Waals surface area contributed by atoms with Gasteiger partial charge in [0.1, 0.15) is 6.10 Å². The van der Waals surface area contributed by atoms with E-state index in [9.17, 15) is 9.59 Å². The standard InChI is InChI=1S/C22H31NO4/c1-12(24)26-16-10-15-20(2,3)8-5-9-21(15,4)14-7-6-13-17-18(27-19(13)25)23-11-22(14,16)17/h11,13-18H,5-10H2,1-4H3/t13-,14-,15+,16-,17+,18-,21-,22+/m1/s1. The van der Waals surface area contributed by atoms with E-state index in [0.29, 0.717) is 11.8 Å². The van der Waals surface area contributed by atoms with Crippen molar-refractivity contribution < 1.29 is 19.1 Å². The van der Waals surface area contributed by atoms with E-state index in [1.807, 2.05) is 0 Å². The van der Waals surface area contributed by atoms with Crippen molar-refractivity contribution >= 4 is 18.2 Å². The fraction of sp³-hybridized carbons (Fsp3) is 0.864. The van der Waals surface area contributed by atoms with Gasteiger partial charge in [-0.05, 0) is 54.8 Å². The first kappa shape index (κ1) is 17.7. The van der Waals surface area contributed by atoms with Crippen LogP contribution in [0.15, 0.2) is 4.99 Å². The smallest absolute Gasteiger partial charge is 0.311 e. The number of carbonyl (C=O) groups is 2. The zero-order valence-electron chi connectivity index (χ0n) is 16.9. The van der Waals surface area contributed by atoms with Crippen LogP contribution in [0.1, 0.15) is 66.2 Å². The number of hydrogen-bond donors (Lipinski definition) is 0. The number of fused-ring (bicyclic) bond motifs is 2. The van der Waals surface area contributed by atoms with Crippen LogP contribution in [0.4, 0.5) is 0 Å². The number of aliphatic imine (C=N–C) groups is 1. The first-order chi connectivity index (χ1) is 12.7. The van der Waals surface area contributed by atoms with Crippen molar-refractivity contribution in [3.63, 3.8) is 0 Å². The molecule has 4 fully saturated rings. The van der Waals surface area contributed by atoms with Gasteiger partial charge < -0.3 is 9.47 Å². The lowest BCUT2D eigenvalue weighted by atomic mass is 9.38. The number of carbonyl (C=O) groups excluding carboxylic acids is 2. The first-order valence-corrected chi connectivity index (χ1v) is 10.6. The Morgan fingerprint density at radius 2 is 2.00 bits per heavy atom. The molecule has 5 rings (SSSR count). The summed E-state index contributed by atoms with van der Waals surface area (Å²) in [7, 11) is 0. The average Bonchev–Trinajstić information content (AvgIpc) is 3.10. The van der Waals surface area contributed by atoms with Crippen molar-refractivity contribution in [2.45, 2.75) is 78.6 Å². The molecule has 5 aliphatic rings. The Kier molecular flexibility index (Phi) is 3.51. The molecule has 148 valence electrons. The summed E-state index contributed by atoms with van der Waals surface area (Å²) >= 11 is 0. The Morgan fingerprint density at radius 3 is 2.74 bits per heavy atom. The van der Waals surface area contributed by atoms with Gasteiger partial charge in [-0.2, -0.15) is 0 Å². The molecule has 0 N–H and O–H groups in total. The maximum absolute atomic E-state index is 12.5. The molecule has 0 aromatic carbocycles. The van der Waals surface area contributed by atoms with Crippen LogP contribution in [0.3, 0.4) is 0 Å². The molecular weight excluding hydrogens is 342 g/mol. The fourth-order valence-corrected chi connectivity index (χ4v) is 8.21. The maximum atomic E-state index is 12.5. The molecule has 5 nitrogen and oxygen atoms in total. The van der Waals surface area contributed by atoms with E-state index in [0.717, 1.165) is 19.3 Å². The second kappa shape index (κ2) is 5.36. The quantitative estimate of drug-likeness (QED) is 0.657. The van der Waals surface area contributed by atoms with Crippen molar-refractivity contribution in [2.75, 3.05) is 0 Å². The minimum Gasteiger partial charge on any atom is -0.462 e. The summed E-state index contributed by atoms with van der Waals surface area (Å²) in [4.78, 5) is 29.2. The van der Waals surface area contributed by atoms with Crippen molar-refractivity contribution in [3.05, 3.63) is 0 Å². The number of hydrogen-bond acceptors (Lipinski definition) is 5. The van der Waals surface area contributed by atoms with E-state index in [2.05, 4.69) is 32.0 Å². The highest BCUT2D eigenvalue weighted by Crippen LogP contribution is 2.71. The summed E-state index contributed by atoms with van der Waals surface area (Å²) in [6.07, 6.45) is 7.91. The predicted octanol–water partition coefficient (Wildman–Crippen LogP) is 3.75. The van der Waals surface area contributed by atoms with Gasteiger partial charge in [-0.1, -0.05) is 27.2 Å². The maximum Gasteiger partial charge on any atom is 0.311 e. The summed E-state index contributed by atoms with van der Waals surface area (Å²) in [6, 6.07) is 0. The Bertz CT molecular complexity index is 730. The van der Waals surface area contributed by atoms with Crippen LogP contribution in [0.25, 0.3) is 0 Å². The van der Waals surface area contributed by atoms with Crippen LogP contribution >= 0.6 is 0 Å². The van der Waals surface area contributed by atoms with Gasteiger partial charge in [0.25, 0.3) is 0 Å². The highest BCUT2D eigenvalue weighted by atomic mass is 16.6. The van der Waals surface area contributed by atoms with Crippen LogP contribution in [0.5, 0.6) is 0 Å². The molecular formula is C22H31NO4. The summed E-state index contributed by atoms with van der Waals surface area (Å²) in [6.45, 7) is 8.74. The highest BCUT2D eigenvalue weighted by molar-refractivity contribution is 5.82. The van der Waals surface area contributed by atoms with E-state index in [1.165, 1.54) is 26.2 Å². The number of nitrogens with zero attached hydrogens (tertiary/aromatic N) is 1. The molecule has 0 bridgehead atoms. The lowest BCUT2D eigenvalue weighted by Crippen LogP contribution is -2.66. The molecule has 3 aliphatic carbocycles. The van der Waals surface area contributed by atoms with Gasteiger partial charge >= 0.3 is 11.9 Å². The SMILES string of the molecule is CC(=O)O[C@@H]1C[C@H]2C(C)(C)CCC[C@]2(C)[C@H]2CC[C@H]3C(=O)O[C@H]4N=C[C@]21[C@H]43. The largest absolute Gasteiger partial charge is 0.462 e. The number of esters is 2. The number of ether oxygens (including phenoxy) is 2. The third-order valence-corrected chi connectivity index (χ3v) is 9.06.